The van der Waals surface area contributed by atoms with E-state index in [2.05, 4.69) is 13.8 Å². The number of piperidine rings is 1. The van der Waals surface area contributed by atoms with E-state index < -0.39 is 0 Å². The van der Waals surface area contributed by atoms with Gasteiger partial charge in [-0.3, -0.25) is 4.79 Å². The third kappa shape index (κ3) is 2.69. The monoisotopic (exact) mass is 246 g/mol. The summed E-state index contributed by atoms with van der Waals surface area (Å²) < 4.78 is 0. The number of nitrogens with zero attached hydrogens (tertiary/aromatic N) is 1. The van der Waals surface area contributed by atoms with Gasteiger partial charge in [-0.25, -0.2) is 0 Å². The summed E-state index contributed by atoms with van der Waals surface area (Å²) in [5.74, 6) is 1.32. The number of nitrogens with two attached hydrogens (primary N) is 1. The van der Waals surface area contributed by atoms with Crippen LogP contribution in [0.15, 0.2) is 0 Å². The first kappa shape index (κ1) is 13.8. The van der Waals surface area contributed by atoms with Gasteiger partial charge in [-0.1, -0.05) is 13.8 Å². The van der Waals surface area contributed by atoms with Gasteiger partial charge < -0.3 is 10.6 Å². The zero-order chi connectivity index (χ0) is 11.1. The molecule has 0 radical (unpaired) electrons. The Morgan fingerprint density at radius 1 is 1.38 bits per heavy atom. The molecule has 0 aromatic carbocycles. The minimum absolute atomic E-state index is 0. The zero-order valence-electron chi connectivity index (χ0n) is 10.2. The second-order valence-corrected chi connectivity index (χ2v) is 5.75. The maximum absolute atomic E-state index is 12.1. The van der Waals surface area contributed by atoms with Crippen LogP contribution in [0.25, 0.3) is 0 Å². The highest BCUT2D eigenvalue weighted by Crippen LogP contribution is 2.52. The number of halogens is 1. The summed E-state index contributed by atoms with van der Waals surface area (Å²) in [6, 6.07) is 0. The third-order valence-electron chi connectivity index (χ3n) is 4.07. The Bertz CT molecular complexity index is 260. The van der Waals surface area contributed by atoms with Crippen molar-refractivity contribution in [2.24, 2.45) is 23.0 Å². The van der Waals surface area contributed by atoms with E-state index in [1.807, 2.05) is 4.90 Å². The van der Waals surface area contributed by atoms with E-state index in [4.69, 9.17) is 5.73 Å². The molecule has 1 amide bonds. The fourth-order valence-corrected chi connectivity index (χ4v) is 2.50. The van der Waals surface area contributed by atoms with Crippen molar-refractivity contribution >= 4 is 18.3 Å². The standard InChI is InChI=1S/C12H22N2O.ClH/c1-12(2)7-10(12)11(15)14-5-3-9(8-13)4-6-14;/h9-10H,3-8,13H2,1-2H3;1H. The van der Waals surface area contributed by atoms with Gasteiger partial charge in [0.1, 0.15) is 0 Å². The molecule has 1 unspecified atom stereocenters. The van der Waals surface area contributed by atoms with Crippen molar-refractivity contribution in [3.8, 4) is 0 Å². The Balaban J connectivity index is 0.00000128. The molecule has 0 aromatic heterocycles. The Hall–Kier alpha value is -0.280. The fourth-order valence-electron chi connectivity index (χ4n) is 2.50. The molecule has 1 heterocycles. The lowest BCUT2D eigenvalue weighted by Crippen LogP contribution is -2.41. The van der Waals surface area contributed by atoms with Crippen LogP contribution in [0, 0.1) is 17.3 Å². The number of hydrogen-bond donors (Lipinski definition) is 1. The Labute approximate surface area is 104 Å². The van der Waals surface area contributed by atoms with Crippen LogP contribution in [0.3, 0.4) is 0 Å². The average molecular weight is 247 g/mol. The van der Waals surface area contributed by atoms with Crippen LogP contribution < -0.4 is 5.73 Å². The van der Waals surface area contributed by atoms with Crippen molar-refractivity contribution in [1.82, 2.24) is 4.90 Å². The minimum atomic E-state index is 0. The lowest BCUT2D eigenvalue weighted by Gasteiger charge is -2.31. The second-order valence-electron chi connectivity index (χ2n) is 5.75. The highest BCUT2D eigenvalue weighted by molar-refractivity contribution is 5.85. The summed E-state index contributed by atoms with van der Waals surface area (Å²) in [5, 5.41) is 0. The van der Waals surface area contributed by atoms with Crippen LogP contribution in [0.5, 0.6) is 0 Å². The van der Waals surface area contributed by atoms with E-state index in [0.29, 0.717) is 17.7 Å². The van der Waals surface area contributed by atoms with Crippen LogP contribution in [0.2, 0.25) is 0 Å². The van der Waals surface area contributed by atoms with Crippen molar-refractivity contribution in [3.05, 3.63) is 0 Å². The molecule has 1 atom stereocenters. The molecule has 0 spiro atoms. The van der Waals surface area contributed by atoms with Crippen molar-refractivity contribution in [1.29, 1.82) is 0 Å². The topological polar surface area (TPSA) is 46.3 Å². The minimum Gasteiger partial charge on any atom is -0.342 e. The predicted molar refractivity (Wildman–Crippen MR) is 67.5 cm³/mol. The normalized spacial score (nSPS) is 28.4. The molecular weight excluding hydrogens is 224 g/mol. The van der Waals surface area contributed by atoms with E-state index >= 15 is 0 Å². The summed E-state index contributed by atoms with van der Waals surface area (Å²) in [6.07, 6.45) is 3.26. The van der Waals surface area contributed by atoms with Crippen molar-refractivity contribution in [2.75, 3.05) is 19.6 Å². The molecule has 0 bridgehead atoms. The van der Waals surface area contributed by atoms with Gasteiger partial charge in [0.2, 0.25) is 5.91 Å². The van der Waals surface area contributed by atoms with Gasteiger partial charge in [-0.15, -0.1) is 12.4 Å². The summed E-state index contributed by atoms with van der Waals surface area (Å²) in [5.41, 5.74) is 5.90. The van der Waals surface area contributed by atoms with E-state index in [-0.39, 0.29) is 17.8 Å². The molecule has 2 rings (SSSR count). The van der Waals surface area contributed by atoms with Gasteiger partial charge >= 0.3 is 0 Å². The molecule has 1 aliphatic carbocycles. The number of hydrogen-bond acceptors (Lipinski definition) is 2. The number of likely N-dealkylation sites (tertiary alicyclic amines) is 1. The molecule has 2 aliphatic rings. The second kappa shape index (κ2) is 4.92. The molecule has 3 nitrogen and oxygen atoms in total. The van der Waals surface area contributed by atoms with Crippen LogP contribution >= 0.6 is 12.4 Å². The van der Waals surface area contributed by atoms with Gasteiger partial charge in [-0.05, 0) is 37.1 Å². The first-order valence-corrected chi connectivity index (χ1v) is 6.03. The van der Waals surface area contributed by atoms with Gasteiger partial charge in [0, 0.05) is 19.0 Å². The number of carbonyl (C=O) groups excluding carboxylic acids is 1. The van der Waals surface area contributed by atoms with Crippen LogP contribution in [0.4, 0.5) is 0 Å². The molecule has 1 aliphatic heterocycles. The zero-order valence-corrected chi connectivity index (χ0v) is 11.1. The van der Waals surface area contributed by atoms with Gasteiger partial charge in [0.15, 0.2) is 0 Å². The van der Waals surface area contributed by atoms with Crippen LogP contribution in [-0.4, -0.2) is 30.4 Å². The fraction of sp³-hybridized carbons (Fsp3) is 0.917. The summed E-state index contributed by atoms with van der Waals surface area (Å²) >= 11 is 0. The molecule has 4 heteroatoms. The number of rotatable bonds is 2. The molecule has 1 saturated carbocycles. The first-order chi connectivity index (χ1) is 7.04. The Morgan fingerprint density at radius 3 is 2.25 bits per heavy atom. The molecule has 16 heavy (non-hydrogen) atoms. The molecule has 0 aromatic rings. The Morgan fingerprint density at radius 2 is 1.88 bits per heavy atom. The van der Waals surface area contributed by atoms with Gasteiger partial charge in [-0.2, -0.15) is 0 Å². The van der Waals surface area contributed by atoms with Crippen molar-refractivity contribution in [2.45, 2.75) is 33.1 Å². The van der Waals surface area contributed by atoms with Gasteiger partial charge in [0.25, 0.3) is 0 Å². The summed E-state index contributed by atoms with van der Waals surface area (Å²) in [4.78, 5) is 14.1. The van der Waals surface area contributed by atoms with Crippen molar-refractivity contribution in [3.63, 3.8) is 0 Å². The van der Waals surface area contributed by atoms with Crippen LogP contribution in [-0.2, 0) is 4.79 Å². The summed E-state index contributed by atoms with van der Waals surface area (Å²) in [7, 11) is 0. The smallest absolute Gasteiger partial charge is 0.226 e. The lowest BCUT2D eigenvalue weighted by molar-refractivity contribution is -0.134. The number of carbonyl (C=O) groups is 1. The van der Waals surface area contributed by atoms with Crippen LogP contribution in [0.1, 0.15) is 33.1 Å². The SMILES string of the molecule is CC1(C)CC1C(=O)N1CCC(CN)CC1.Cl. The van der Waals surface area contributed by atoms with Gasteiger partial charge in [0.05, 0.1) is 0 Å². The molecular formula is C12H23ClN2O. The molecule has 2 N–H and O–H groups in total. The maximum atomic E-state index is 12.1. The predicted octanol–water partition coefficient (Wildman–Crippen LogP) is 1.65. The van der Waals surface area contributed by atoms with Crippen molar-refractivity contribution < 1.29 is 4.79 Å². The molecule has 94 valence electrons. The summed E-state index contributed by atoms with van der Waals surface area (Å²) in [6.45, 7) is 6.99. The third-order valence-corrected chi connectivity index (χ3v) is 4.07. The molecule has 1 saturated heterocycles. The maximum Gasteiger partial charge on any atom is 0.226 e. The first-order valence-electron chi connectivity index (χ1n) is 6.03. The van der Waals surface area contributed by atoms with E-state index in [1.165, 1.54) is 0 Å². The number of amides is 1. The van der Waals surface area contributed by atoms with E-state index in [9.17, 15) is 4.79 Å². The van der Waals surface area contributed by atoms with E-state index in [1.54, 1.807) is 0 Å². The molecule has 2 fully saturated rings. The largest absolute Gasteiger partial charge is 0.342 e. The Kier molecular flexibility index (Phi) is 4.24. The average Bonchev–Trinajstić information content (AvgIpc) is 2.87. The highest BCUT2D eigenvalue weighted by atomic mass is 35.5. The quantitative estimate of drug-likeness (QED) is 0.806. The van der Waals surface area contributed by atoms with E-state index in [0.717, 1.165) is 38.9 Å². The highest BCUT2D eigenvalue weighted by Gasteiger charge is 2.52. The lowest BCUT2D eigenvalue weighted by atomic mass is 9.96.